The summed E-state index contributed by atoms with van der Waals surface area (Å²) in [5.41, 5.74) is 0.711. The van der Waals surface area contributed by atoms with Crippen molar-refractivity contribution in [3.63, 3.8) is 0 Å². The molecule has 0 aromatic heterocycles. The minimum atomic E-state index is 0.711. The van der Waals surface area contributed by atoms with E-state index >= 15 is 0 Å². The van der Waals surface area contributed by atoms with Crippen LogP contribution in [-0.2, 0) is 0 Å². The third kappa shape index (κ3) is 3.69. The van der Waals surface area contributed by atoms with Crippen molar-refractivity contribution in [2.45, 2.75) is 52.0 Å². The van der Waals surface area contributed by atoms with Gasteiger partial charge >= 0.3 is 0 Å². The van der Waals surface area contributed by atoms with Crippen molar-refractivity contribution in [2.75, 3.05) is 33.7 Å². The number of likely N-dealkylation sites (tertiary alicyclic amines) is 1. The fourth-order valence-corrected chi connectivity index (χ4v) is 3.54. The van der Waals surface area contributed by atoms with Gasteiger partial charge in [0.2, 0.25) is 0 Å². The zero-order chi connectivity index (χ0) is 12.5. The maximum atomic E-state index is 2.74. The predicted molar refractivity (Wildman–Crippen MR) is 74.3 cm³/mol. The summed E-state index contributed by atoms with van der Waals surface area (Å²) in [6.45, 7) is 8.75. The average Bonchev–Trinajstić information content (AvgIpc) is 2.96. The molecule has 0 radical (unpaired) electrons. The average molecular weight is 238 g/mol. The zero-order valence-corrected chi connectivity index (χ0v) is 12.2. The first-order valence-electron chi connectivity index (χ1n) is 7.39. The SMILES string of the molecule is CC(C)CC1(CN2CCC[C@H](N(C)C)C2)CC1. The van der Waals surface area contributed by atoms with E-state index in [1.54, 1.807) is 0 Å². The molecule has 0 N–H and O–H groups in total. The third-order valence-corrected chi connectivity index (χ3v) is 4.57. The maximum Gasteiger partial charge on any atom is 0.0217 e. The third-order valence-electron chi connectivity index (χ3n) is 4.57. The molecular formula is C15H30N2. The van der Waals surface area contributed by atoms with Crippen LogP contribution in [0.15, 0.2) is 0 Å². The van der Waals surface area contributed by atoms with Crippen molar-refractivity contribution >= 4 is 0 Å². The quantitative estimate of drug-likeness (QED) is 0.727. The van der Waals surface area contributed by atoms with E-state index < -0.39 is 0 Å². The maximum absolute atomic E-state index is 2.74. The Kier molecular flexibility index (Phi) is 4.14. The molecule has 0 unspecified atom stereocenters. The first-order chi connectivity index (χ1) is 8.01. The minimum Gasteiger partial charge on any atom is -0.305 e. The molecular weight excluding hydrogens is 208 g/mol. The van der Waals surface area contributed by atoms with Gasteiger partial charge in [0, 0.05) is 19.1 Å². The normalized spacial score (nSPS) is 28.9. The van der Waals surface area contributed by atoms with Crippen molar-refractivity contribution in [2.24, 2.45) is 11.3 Å². The highest BCUT2D eigenvalue weighted by Crippen LogP contribution is 2.51. The highest BCUT2D eigenvalue weighted by molar-refractivity contribution is 4.97. The molecule has 2 aliphatic rings. The zero-order valence-electron chi connectivity index (χ0n) is 12.2. The van der Waals surface area contributed by atoms with E-state index in [0.29, 0.717) is 5.41 Å². The Morgan fingerprint density at radius 1 is 1.29 bits per heavy atom. The number of nitrogens with zero attached hydrogens (tertiary/aromatic N) is 2. The van der Waals surface area contributed by atoms with Crippen molar-refractivity contribution in [3.05, 3.63) is 0 Å². The number of hydrogen-bond acceptors (Lipinski definition) is 2. The summed E-state index contributed by atoms with van der Waals surface area (Å²) in [6, 6.07) is 0.790. The van der Waals surface area contributed by atoms with Crippen LogP contribution in [0.3, 0.4) is 0 Å². The van der Waals surface area contributed by atoms with Crippen LogP contribution in [0.2, 0.25) is 0 Å². The molecule has 1 atom stereocenters. The number of piperidine rings is 1. The minimum absolute atomic E-state index is 0.711. The smallest absolute Gasteiger partial charge is 0.0217 e. The number of likely N-dealkylation sites (N-methyl/N-ethyl adjacent to an activating group) is 1. The molecule has 2 nitrogen and oxygen atoms in total. The van der Waals surface area contributed by atoms with Crippen LogP contribution in [0.5, 0.6) is 0 Å². The summed E-state index contributed by atoms with van der Waals surface area (Å²) in [6.07, 6.45) is 7.18. The summed E-state index contributed by atoms with van der Waals surface area (Å²) >= 11 is 0. The Hall–Kier alpha value is -0.0800. The first-order valence-corrected chi connectivity index (χ1v) is 7.39. The molecule has 17 heavy (non-hydrogen) atoms. The molecule has 1 saturated carbocycles. The highest BCUT2D eigenvalue weighted by atomic mass is 15.2. The lowest BCUT2D eigenvalue weighted by atomic mass is 9.92. The fourth-order valence-electron chi connectivity index (χ4n) is 3.54. The molecule has 0 aromatic carbocycles. The van der Waals surface area contributed by atoms with E-state index in [1.165, 1.54) is 51.7 Å². The molecule has 0 spiro atoms. The number of rotatable bonds is 5. The Labute approximate surface area is 107 Å². The van der Waals surface area contributed by atoms with Crippen molar-refractivity contribution in [1.82, 2.24) is 9.80 Å². The summed E-state index contributed by atoms with van der Waals surface area (Å²) in [4.78, 5) is 5.15. The van der Waals surface area contributed by atoms with Crippen LogP contribution in [0.4, 0.5) is 0 Å². The van der Waals surface area contributed by atoms with Gasteiger partial charge < -0.3 is 9.80 Å². The fraction of sp³-hybridized carbons (Fsp3) is 1.00. The monoisotopic (exact) mass is 238 g/mol. The lowest BCUT2D eigenvalue weighted by Gasteiger charge is -2.38. The second-order valence-corrected chi connectivity index (χ2v) is 7.09. The van der Waals surface area contributed by atoms with Gasteiger partial charge in [-0.25, -0.2) is 0 Å². The van der Waals surface area contributed by atoms with Crippen LogP contribution in [0, 0.1) is 11.3 Å². The van der Waals surface area contributed by atoms with Gasteiger partial charge in [0.15, 0.2) is 0 Å². The largest absolute Gasteiger partial charge is 0.305 e. The van der Waals surface area contributed by atoms with E-state index in [4.69, 9.17) is 0 Å². The second kappa shape index (κ2) is 5.27. The molecule has 2 heteroatoms. The van der Waals surface area contributed by atoms with E-state index in [0.717, 1.165) is 12.0 Å². The lowest BCUT2D eigenvalue weighted by Crippen LogP contribution is -2.46. The van der Waals surface area contributed by atoms with E-state index in [-0.39, 0.29) is 0 Å². The van der Waals surface area contributed by atoms with Gasteiger partial charge in [0.05, 0.1) is 0 Å². The van der Waals surface area contributed by atoms with Gasteiger partial charge in [0.1, 0.15) is 0 Å². The molecule has 0 bridgehead atoms. The Morgan fingerprint density at radius 3 is 2.53 bits per heavy atom. The molecule has 100 valence electrons. The van der Waals surface area contributed by atoms with E-state index in [2.05, 4.69) is 37.7 Å². The Balaban J connectivity index is 1.82. The molecule has 0 aromatic rings. The molecule has 1 saturated heterocycles. The van der Waals surface area contributed by atoms with Gasteiger partial charge in [-0.15, -0.1) is 0 Å². The Bertz CT molecular complexity index is 243. The topological polar surface area (TPSA) is 6.48 Å². The highest BCUT2D eigenvalue weighted by Gasteiger charge is 2.44. The van der Waals surface area contributed by atoms with Crippen LogP contribution >= 0.6 is 0 Å². The van der Waals surface area contributed by atoms with Crippen LogP contribution in [-0.4, -0.2) is 49.6 Å². The molecule has 1 aliphatic heterocycles. The predicted octanol–water partition coefficient (Wildman–Crippen LogP) is 2.84. The molecule has 0 amide bonds. The molecule has 1 heterocycles. The standard InChI is InChI=1S/C15H30N2/c1-13(2)10-15(7-8-15)12-17-9-5-6-14(11-17)16(3)4/h13-14H,5-12H2,1-4H3/t14-/m0/s1. The van der Waals surface area contributed by atoms with Gasteiger partial charge in [0.25, 0.3) is 0 Å². The lowest BCUT2D eigenvalue weighted by molar-refractivity contribution is 0.108. The van der Waals surface area contributed by atoms with Crippen LogP contribution in [0.25, 0.3) is 0 Å². The molecule has 2 fully saturated rings. The van der Waals surface area contributed by atoms with Gasteiger partial charge in [-0.3, -0.25) is 0 Å². The second-order valence-electron chi connectivity index (χ2n) is 7.09. The van der Waals surface area contributed by atoms with E-state index in [1.807, 2.05) is 0 Å². The van der Waals surface area contributed by atoms with Crippen molar-refractivity contribution < 1.29 is 0 Å². The Morgan fingerprint density at radius 2 is 2.00 bits per heavy atom. The summed E-state index contributed by atoms with van der Waals surface area (Å²) in [5, 5.41) is 0. The first kappa shape index (κ1) is 13.4. The van der Waals surface area contributed by atoms with Crippen LogP contribution in [0.1, 0.15) is 46.0 Å². The van der Waals surface area contributed by atoms with Gasteiger partial charge in [-0.1, -0.05) is 13.8 Å². The van der Waals surface area contributed by atoms with Crippen molar-refractivity contribution in [1.29, 1.82) is 0 Å². The van der Waals surface area contributed by atoms with E-state index in [9.17, 15) is 0 Å². The van der Waals surface area contributed by atoms with Crippen molar-refractivity contribution in [3.8, 4) is 0 Å². The molecule has 1 aliphatic carbocycles. The summed E-state index contributed by atoms with van der Waals surface area (Å²) in [5.74, 6) is 0.868. The van der Waals surface area contributed by atoms with Gasteiger partial charge in [-0.2, -0.15) is 0 Å². The summed E-state index contributed by atoms with van der Waals surface area (Å²) in [7, 11) is 4.46. The van der Waals surface area contributed by atoms with Gasteiger partial charge in [-0.05, 0) is 64.1 Å². The number of hydrogen-bond donors (Lipinski definition) is 0. The summed E-state index contributed by atoms with van der Waals surface area (Å²) < 4.78 is 0. The van der Waals surface area contributed by atoms with Crippen LogP contribution < -0.4 is 0 Å². The molecule has 2 rings (SSSR count).